The minimum atomic E-state index is -0.513. The quantitative estimate of drug-likeness (QED) is 0.645. The van der Waals surface area contributed by atoms with Crippen molar-refractivity contribution in [1.82, 2.24) is 4.98 Å². The van der Waals surface area contributed by atoms with Crippen molar-refractivity contribution in [2.45, 2.75) is 25.2 Å². The van der Waals surface area contributed by atoms with Gasteiger partial charge < -0.3 is 20.4 Å². The molecule has 1 aliphatic rings. The third kappa shape index (κ3) is 3.14. The summed E-state index contributed by atoms with van der Waals surface area (Å²) in [5.41, 5.74) is 2.89. The van der Waals surface area contributed by atoms with Gasteiger partial charge >= 0.3 is 0 Å². The maximum absolute atomic E-state index is 13.0. The second-order valence-corrected chi connectivity index (χ2v) is 6.91. The maximum atomic E-state index is 13.0. The first-order valence-corrected chi connectivity index (χ1v) is 8.86. The Hall–Kier alpha value is -3.28. The molecular weight excluding hydrogens is 342 g/mol. The van der Waals surface area contributed by atoms with E-state index in [0.29, 0.717) is 11.4 Å². The fourth-order valence-electron chi connectivity index (χ4n) is 3.46. The van der Waals surface area contributed by atoms with Gasteiger partial charge in [0.25, 0.3) is 0 Å². The van der Waals surface area contributed by atoms with Crippen molar-refractivity contribution in [2.24, 2.45) is 0 Å². The fourth-order valence-corrected chi connectivity index (χ4v) is 3.46. The number of amides is 2. The Balaban J connectivity index is 1.58. The van der Waals surface area contributed by atoms with Crippen LogP contribution in [-0.4, -0.2) is 23.9 Å². The van der Waals surface area contributed by atoms with Crippen LogP contribution in [0.1, 0.15) is 25.3 Å². The molecule has 0 aliphatic heterocycles. The second-order valence-electron chi connectivity index (χ2n) is 6.91. The number of rotatable bonds is 5. The van der Waals surface area contributed by atoms with Crippen LogP contribution < -0.4 is 15.4 Å². The normalized spacial score (nSPS) is 14.6. The molecular formula is C21H21N3O3. The molecule has 4 rings (SSSR count). The summed E-state index contributed by atoms with van der Waals surface area (Å²) in [5, 5.41) is 6.74. The molecule has 3 aromatic rings. The first kappa shape index (κ1) is 17.1. The van der Waals surface area contributed by atoms with Gasteiger partial charge in [0.15, 0.2) is 0 Å². The molecule has 0 spiro atoms. The molecule has 2 amide bonds. The lowest BCUT2D eigenvalue weighted by atomic mass is 9.94. The number of aromatic amines is 1. The summed E-state index contributed by atoms with van der Waals surface area (Å²) >= 11 is 0. The maximum Gasteiger partial charge on any atom is 0.235 e. The van der Waals surface area contributed by atoms with E-state index in [1.54, 1.807) is 31.4 Å². The van der Waals surface area contributed by atoms with E-state index in [1.165, 1.54) is 6.92 Å². The highest BCUT2D eigenvalue weighted by molar-refractivity contribution is 6.04. The standard InChI is InChI=1S/C21H21N3O3/c1-13(25)23-14-3-5-15(6-4-14)24-20(26)21(9-10-21)18-12-22-19-8-7-16(27-2)11-17(18)19/h3-8,11-12,22H,9-10H2,1-2H3,(H,23,25)(H,24,26). The Morgan fingerprint density at radius 2 is 1.70 bits per heavy atom. The van der Waals surface area contributed by atoms with Crippen LogP contribution in [0.2, 0.25) is 0 Å². The number of aromatic nitrogens is 1. The van der Waals surface area contributed by atoms with E-state index in [0.717, 1.165) is 35.1 Å². The van der Waals surface area contributed by atoms with Crippen LogP contribution in [0.3, 0.4) is 0 Å². The highest BCUT2D eigenvalue weighted by Crippen LogP contribution is 2.51. The van der Waals surface area contributed by atoms with Crippen LogP contribution in [0, 0.1) is 0 Å². The molecule has 138 valence electrons. The monoisotopic (exact) mass is 363 g/mol. The predicted octanol–water partition coefficient (Wildman–Crippen LogP) is 3.81. The number of hydrogen-bond acceptors (Lipinski definition) is 3. The summed E-state index contributed by atoms with van der Waals surface area (Å²) in [7, 11) is 1.64. The van der Waals surface area contributed by atoms with Gasteiger partial charge in [-0.2, -0.15) is 0 Å². The zero-order valence-electron chi connectivity index (χ0n) is 15.3. The van der Waals surface area contributed by atoms with Crippen molar-refractivity contribution < 1.29 is 14.3 Å². The average molecular weight is 363 g/mol. The van der Waals surface area contributed by atoms with Gasteiger partial charge in [-0.1, -0.05) is 0 Å². The van der Waals surface area contributed by atoms with Gasteiger partial charge in [-0.05, 0) is 60.9 Å². The number of methoxy groups -OCH3 is 1. The molecule has 1 heterocycles. The van der Waals surface area contributed by atoms with Crippen LogP contribution in [0.4, 0.5) is 11.4 Å². The number of nitrogens with one attached hydrogen (secondary N) is 3. The van der Waals surface area contributed by atoms with Gasteiger partial charge in [-0.15, -0.1) is 0 Å². The van der Waals surface area contributed by atoms with E-state index in [9.17, 15) is 9.59 Å². The molecule has 27 heavy (non-hydrogen) atoms. The molecule has 6 heteroatoms. The minimum absolute atomic E-state index is 0.0153. The van der Waals surface area contributed by atoms with Crippen LogP contribution >= 0.6 is 0 Å². The van der Waals surface area contributed by atoms with E-state index in [4.69, 9.17) is 4.74 Å². The summed E-state index contributed by atoms with van der Waals surface area (Å²) in [5.74, 6) is 0.630. The van der Waals surface area contributed by atoms with E-state index >= 15 is 0 Å². The van der Waals surface area contributed by atoms with Crippen molar-refractivity contribution in [3.05, 3.63) is 54.2 Å². The van der Waals surface area contributed by atoms with Crippen molar-refractivity contribution in [3.63, 3.8) is 0 Å². The Morgan fingerprint density at radius 1 is 1.04 bits per heavy atom. The van der Waals surface area contributed by atoms with Gasteiger partial charge in [-0.3, -0.25) is 9.59 Å². The molecule has 1 aliphatic carbocycles. The third-order valence-corrected chi connectivity index (χ3v) is 5.05. The Labute approximate surface area is 156 Å². The molecule has 0 unspecified atom stereocenters. The lowest BCUT2D eigenvalue weighted by Gasteiger charge is -2.15. The Kier molecular flexibility index (Phi) is 4.11. The second kappa shape index (κ2) is 6.46. The molecule has 1 saturated carbocycles. The van der Waals surface area contributed by atoms with Crippen molar-refractivity contribution in [2.75, 3.05) is 17.7 Å². The highest BCUT2D eigenvalue weighted by Gasteiger charge is 2.52. The van der Waals surface area contributed by atoms with E-state index in [1.807, 2.05) is 24.4 Å². The molecule has 1 aromatic heterocycles. The molecule has 1 fully saturated rings. The number of carbonyl (C=O) groups is 2. The van der Waals surface area contributed by atoms with Crippen LogP contribution in [0.15, 0.2) is 48.7 Å². The summed E-state index contributed by atoms with van der Waals surface area (Å²) in [6.45, 7) is 1.46. The molecule has 0 bridgehead atoms. The number of fused-ring (bicyclic) bond motifs is 1. The highest BCUT2D eigenvalue weighted by atomic mass is 16.5. The number of carbonyl (C=O) groups excluding carboxylic acids is 2. The van der Waals surface area contributed by atoms with Crippen molar-refractivity contribution >= 4 is 34.1 Å². The number of H-pyrrole nitrogens is 1. The predicted molar refractivity (Wildman–Crippen MR) is 105 cm³/mol. The van der Waals surface area contributed by atoms with Crippen molar-refractivity contribution in [3.8, 4) is 5.75 Å². The number of ether oxygens (including phenoxy) is 1. The average Bonchev–Trinajstić information content (AvgIpc) is 3.36. The zero-order valence-corrected chi connectivity index (χ0v) is 15.3. The first-order chi connectivity index (χ1) is 13.0. The summed E-state index contributed by atoms with van der Waals surface area (Å²) in [4.78, 5) is 27.4. The minimum Gasteiger partial charge on any atom is -0.497 e. The van der Waals surface area contributed by atoms with E-state index in [2.05, 4.69) is 15.6 Å². The third-order valence-electron chi connectivity index (χ3n) is 5.05. The van der Waals surface area contributed by atoms with Crippen LogP contribution in [-0.2, 0) is 15.0 Å². The summed E-state index contributed by atoms with van der Waals surface area (Å²) < 4.78 is 5.33. The van der Waals surface area contributed by atoms with Gasteiger partial charge in [0.1, 0.15) is 5.75 Å². The number of anilines is 2. The van der Waals surface area contributed by atoms with Crippen LogP contribution in [0.25, 0.3) is 10.9 Å². The van der Waals surface area contributed by atoms with Gasteiger partial charge in [-0.25, -0.2) is 0 Å². The smallest absolute Gasteiger partial charge is 0.235 e. The molecule has 3 N–H and O–H groups in total. The zero-order chi connectivity index (χ0) is 19.0. The molecule has 2 aromatic carbocycles. The fraction of sp³-hybridized carbons (Fsp3) is 0.238. The molecule has 0 radical (unpaired) electrons. The molecule has 6 nitrogen and oxygen atoms in total. The first-order valence-electron chi connectivity index (χ1n) is 8.86. The van der Waals surface area contributed by atoms with E-state index in [-0.39, 0.29) is 11.8 Å². The summed E-state index contributed by atoms with van der Waals surface area (Å²) in [6, 6.07) is 13.0. The molecule has 0 atom stereocenters. The Morgan fingerprint density at radius 3 is 2.30 bits per heavy atom. The largest absolute Gasteiger partial charge is 0.497 e. The number of hydrogen-bond donors (Lipinski definition) is 3. The topological polar surface area (TPSA) is 83.2 Å². The lowest BCUT2D eigenvalue weighted by molar-refractivity contribution is -0.118. The lowest BCUT2D eigenvalue weighted by Crippen LogP contribution is -2.27. The van der Waals surface area contributed by atoms with Gasteiger partial charge in [0.05, 0.1) is 12.5 Å². The number of benzene rings is 2. The van der Waals surface area contributed by atoms with Gasteiger partial charge in [0.2, 0.25) is 11.8 Å². The molecule has 0 saturated heterocycles. The van der Waals surface area contributed by atoms with Crippen LogP contribution in [0.5, 0.6) is 5.75 Å². The SMILES string of the molecule is COc1ccc2[nH]cc(C3(C(=O)Nc4ccc(NC(C)=O)cc4)CC3)c2c1. The van der Waals surface area contributed by atoms with E-state index < -0.39 is 5.41 Å². The summed E-state index contributed by atoms with van der Waals surface area (Å²) in [6.07, 6.45) is 3.55. The van der Waals surface area contributed by atoms with Crippen molar-refractivity contribution in [1.29, 1.82) is 0 Å². The van der Waals surface area contributed by atoms with Gasteiger partial charge in [0, 0.05) is 35.4 Å². The Bertz CT molecular complexity index is 1020.